The van der Waals surface area contributed by atoms with Crippen LogP contribution < -0.4 is 0 Å². The molecule has 0 spiro atoms. The molecule has 1 aromatic carbocycles. The highest BCUT2D eigenvalue weighted by atomic mass is 16.5. The molecule has 2 aromatic rings. The van der Waals surface area contributed by atoms with Crippen molar-refractivity contribution in [2.24, 2.45) is 9.98 Å². The number of aromatic nitrogens is 1. The van der Waals surface area contributed by atoms with Crippen molar-refractivity contribution in [3.8, 4) is 0 Å². The molecule has 0 radical (unpaired) electrons. The Hall–Kier alpha value is -2.82. The molecule has 5 nitrogen and oxygen atoms in total. The molecule has 0 atom stereocenters. The average molecular weight is 305 g/mol. The van der Waals surface area contributed by atoms with Crippen molar-refractivity contribution in [3.63, 3.8) is 0 Å². The molecule has 0 fully saturated rings. The van der Waals surface area contributed by atoms with Gasteiger partial charge >= 0.3 is 5.97 Å². The van der Waals surface area contributed by atoms with E-state index in [0.717, 1.165) is 28.1 Å². The highest BCUT2D eigenvalue weighted by Crippen LogP contribution is 2.34. The van der Waals surface area contributed by atoms with E-state index >= 15 is 0 Å². The van der Waals surface area contributed by atoms with Crippen LogP contribution in [0.15, 0.2) is 46.6 Å². The summed E-state index contributed by atoms with van der Waals surface area (Å²) in [6.45, 7) is 2.82. The second kappa shape index (κ2) is 5.43. The van der Waals surface area contributed by atoms with Crippen LogP contribution in [0.25, 0.3) is 0 Å². The highest BCUT2D eigenvalue weighted by Gasteiger charge is 2.26. The smallest absolute Gasteiger partial charge is 0.353 e. The van der Waals surface area contributed by atoms with E-state index in [1.807, 2.05) is 18.2 Å². The van der Waals surface area contributed by atoms with Crippen LogP contribution in [-0.4, -0.2) is 29.0 Å². The average Bonchev–Trinajstić information content (AvgIpc) is 3.17. The van der Waals surface area contributed by atoms with Gasteiger partial charge in [-0.15, -0.1) is 0 Å². The summed E-state index contributed by atoms with van der Waals surface area (Å²) < 4.78 is 5.05. The number of esters is 1. The van der Waals surface area contributed by atoms with E-state index in [9.17, 15) is 4.79 Å². The molecule has 5 heteroatoms. The highest BCUT2D eigenvalue weighted by molar-refractivity contribution is 6.38. The SMILES string of the molecule is CCOC(=O)C1=Nc2cc3c(cc2C1)CN=C3c1ccncc1. The maximum absolute atomic E-state index is 11.9. The van der Waals surface area contributed by atoms with Crippen LogP contribution in [0.5, 0.6) is 0 Å². The number of nitrogens with zero attached hydrogens (tertiary/aromatic N) is 3. The second-order valence-electron chi connectivity index (χ2n) is 5.49. The molecule has 0 unspecified atom stereocenters. The quantitative estimate of drug-likeness (QED) is 0.819. The van der Waals surface area contributed by atoms with Crippen LogP contribution in [0.3, 0.4) is 0 Å². The Morgan fingerprint density at radius 3 is 2.83 bits per heavy atom. The predicted molar refractivity (Wildman–Crippen MR) is 87.5 cm³/mol. The third-order valence-electron chi connectivity index (χ3n) is 4.05. The van der Waals surface area contributed by atoms with Crippen LogP contribution in [0.2, 0.25) is 0 Å². The molecule has 3 heterocycles. The molecule has 2 aliphatic rings. The normalized spacial score (nSPS) is 14.8. The van der Waals surface area contributed by atoms with E-state index in [2.05, 4.69) is 21.0 Å². The predicted octanol–water partition coefficient (Wildman–Crippen LogP) is 2.62. The monoisotopic (exact) mass is 305 g/mol. The summed E-state index contributed by atoms with van der Waals surface area (Å²) in [6.07, 6.45) is 4.06. The van der Waals surface area contributed by atoms with E-state index < -0.39 is 0 Å². The van der Waals surface area contributed by atoms with Crippen LogP contribution in [0.1, 0.15) is 29.2 Å². The van der Waals surface area contributed by atoms with Crippen LogP contribution in [0, 0.1) is 0 Å². The van der Waals surface area contributed by atoms with Gasteiger partial charge in [0.15, 0.2) is 0 Å². The minimum atomic E-state index is -0.327. The molecule has 114 valence electrons. The van der Waals surface area contributed by atoms with Crippen molar-refractivity contribution in [3.05, 3.63) is 58.9 Å². The molecule has 0 aliphatic carbocycles. The summed E-state index contributed by atoms with van der Waals surface area (Å²) in [5.74, 6) is -0.327. The van der Waals surface area contributed by atoms with Crippen LogP contribution in [0.4, 0.5) is 5.69 Å². The number of fused-ring (bicyclic) bond motifs is 2. The summed E-state index contributed by atoms with van der Waals surface area (Å²) in [6, 6.07) is 8.05. The van der Waals surface area contributed by atoms with Crippen molar-refractivity contribution in [1.82, 2.24) is 4.98 Å². The van der Waals surface area contributed by atoms with Gasteiger partial charge in [0.1, 0.15) is 5.71 Å². The Balaban J connectivity index is 1.70. The second-order valence-corrected chi connectivity index (χ2v) is 5.49. The topological polar surface area (TPSA) is 63.9 Å². The maximum atomic E-state index is 11.9. The zero-order valence-electron chi connectivity index (χ0n) is 12.7. The Bertz CT molecular complexity index is 854. The first kappa shape index (κ1) is 13.8. The van der Waals surface area contributed by atoms with Crippen molar-refractivity contribution in [2.75, 3.05) is 6.61 Å². The lowest BCUT2D eigenvalue weighted by atomic mass is 9.97. The number of carbonyl (C=O) groups is 1. The number of aliphatic imine (C=N–C) groups is 2. The molecule has 4 rings (SSSR count). The molecule has 0 amide bonds. The first-order valence-corrected chi connectivity index (χ1v) is 7.62. The van der Waals surface area contributed by atoms with E-state index in [0.29, 0.717) is 25.3 Å². The summed E-state index contributed by atoms with van der Waals surface area (Å²) in [5.41, 5.74) is 6.66. The van der Waals surface area contributed by atoms with Gasteiger partial charge in [-0.25, -0.2) is 9.79 Å². The maximum Gasteiger partial charge on any atom is 0.353 e. The van der Waals surface area contributed by atoms with E-state index in [1.54, 1.807) is 19.3 Å². The van der Waals surface area contributed by atoms with Crippen LogP contribution >= 0.6 is 0 Å². The third-order valence-corrected chi connectivity index (χ3v) is 4.05. The number of hydrogen-bond acceptors (Lipinski definition) is 5. The molecule has 0 saturated heterocycles. The fourth-order valence-corrected chi connectivity index (χ4v) is 2.98. The van der Waals surface area contributed by atoms with Crippen molar-refractivity contribution in [2.45, 2.75) is 19.9 Å². The Morgan fingerprint density at radius 1 is 1.22 bits per heavy atom. The number of rotatable bonds is 3. The summed E-state index contributed by atoms with van der Waals surface area (Å²) in [7, 11) is 0. The van der Waals surface area contributed by atoms with E-state index in [-0.39, 0.29) is 5.97 Å². The first-order valence-electron chi connectivity index (χ1n) is 7.62. The Labute approximate surface area is 133 Å². The first-order chi connectivity index (χ1) is 11.3. The van der Waals surface area contributed by atoms with Gasteiger partial charge in [0.2, 0.25) is 0 Å². The van der Waals surface area contributed by atoms with Gasteiger partial charge in [0.05, 0.1) is 24.6 Å². The number of benzene rings is 1. The van der Waals surface area contributed by atoms with E-state index in [4.69, 9.17) is 4.74 Å². The zero-order valence-corrected chi connectivity index (χ0v) is 12.7. The van der Waals surface area contributed by atoms with Gasteiger partial charge < -0.3 is 4.74 Å². The lowest BCUT2D eigenvalue weighted by Gasteiger charge is -2.06. The molecule has 0 bridgehead atoms. The fraction of sp³-hybridized carbons (Fsp3) is 0.222. The lowest BCUT2D eigenvalue weighted by molar-refractivity contribution is -0.135. The minimum Gasteiger partial charge on any atom is -0.461 e. The van der Waals surface area contributed by atoms with Crippen LogP contribution in [-0.2, 0) is 22.5 Å². The molecule has 0 N–H and O–H groups in total. The largest absolute Gasteiger partial charge is 0.461 e. The Kier molecular flexibility index (Phi) is 3.26. The molecule has 2 aliphatic heterocycles. The summed E-state index contributed by atoms with van der Waals surface area (Å²) in [4.78, 5) is 25.0. The minimum absolute atomic E-state index is 0.327. The number of pyridine rings is 1. The molecule has 23 heavy (non-hydrogen) atoms. The van der Waals surface area contributed by atoms with Crippen molar-refractivity contribution in [1.29, 1.82) is 0 Å². The lowest BCUT2D eigenvalue weighted by Crippen LogP contribution is -2.17. The third kappa shape index (κ3) is 2.34. The number of hydrogen-bond donors (Lipinski definition) is 0. The van der Waals surface area contributed by atoms with E-state index in [1.165, 1.54) is 5.56 Å². The summed E-state index contributed by atoms with van der Waals surface area (Å²) >= 11 is 0. The van der Waals surface area contributed by atoms with Crippen molar-refractivity contribution >= 4 is 23.1 Å². The van der Waals surface area contributed by atoms with Gasteiger partial charge in [-0.1, -0.05) is 6.07 Å². The number of carbonyl (C=O) groups excluding carboxylic acids is 1. The molecular formula is C18H15N3O2. The van der Waals surface area contributed by atoms with Gasteiger partial charge in [-0.05, 0) is 36.2 Å². The standard InChI is InChI=1S/C18H15N3O2/c1-2-23-18(22)16-8-12-7-13-10-20-17(11-3-5-19-6-4-11)14(13)9-15(12)21-16/h3-7,9H,2,8,10H2,1H3. The fourth-order valence-electron chi connectivity index (χ4n) is 2.98. The zero-order chi connectivity index (χ0) is 15.8. The Morgan fingerprint density at radius 2 is 2.04 bits per heavy atom. The van der Waals surface area contributed by atoms with Gasteiger partial charge in [0, 0.05) is 29.9 Å². The summed E-state index contributed by atoms with van der Waals surface area (Å²) in [5, 5.41) is 0. The molecule has 1 aromatic heterocycles. The van der Waals surface area contributed by atoms with Gasteiger partial charge in [-0.3, -0.25) is 9.98 Å². The van der Waals surface area contributed by atoms with Crippen molar-refractivity contribution < 1.29 is 9.53 Å². The van der Waals surface area contributed by atoms with Gasteiger partial charge in [-0.2, -0.15) is 0 Å². The molecule has 0 saturated carbocycles. The number of ether oxygens (including phenoxy) is 1. The molecular weight excluding hydrogens is 290 g/mol. The van der Waals surface area contributed by atoms with Gasteiger partial charge in [0.25, 0.3) is 0 Å².